The number of amides is 1. The second kappa shape index (κ2) is 7.27. The van der Waals surface area contributed by atoms with Crippen LogP contribution in [0.5, 0.6) is 0 Å². The van der Waals surface area contributed by atoms with Crippen LogP contribution in [-0.2, 0) is 4.79 Å². The summed E-state index contributed by atoms with van der Waals surface area (Å²) >= 11 is 1.90. The van der Waals surface area contributed by atoms with Crippen LogP contribution in [-0.4, -0.2) is 36.5 Å². The minimum Gasteiger partial charge on any atom is -0.355 e. The Labute approximate surface area is 109 Å². The molecule has 0 aromatic rings. The number of nitrogens with one attached hydrogen (secondary N) is 2. The Morgan fingerprint density at radius 1 is 1.35 bits per heavy atom. The quantitative estimate of drug-likeness (QED) is 0.665. The number of hydrogen-bond acceptors (Lipinski definition) is 3. The van der Waals surface area contributed by atoms with E-state index in [0.29, 0.717) is 6.54 Å². The highest BCUT2D eigenvalue weighted by atomic mass is 32.2. The molecule has 0 atom stereocenters. The minimum atomic E-state index is 0.138. The van der Waals surface area contributed by atoms with Crippen LogP contribution in [0.15, 0.2) is 0 Å². The van der Waals surface area contributed by atoms with Crippen LogP contribution in [0.4, 0.5) is 0 Å². The van der Waals surface area contributed by atoms with Gasteiger partial charge >= 0.3 is 0 Å². The van der Waals surface area contributed by atoms with Crippen molar-refractivity contribution in [1.82, 2.24) is 10.6 Å². The maximum Gasteiger partial charge on any atom is 0.233 e. The summed E-state index contributed by atoms with van der Waals surface area (Å²) in [4.78, 5) is 11.5. The van der Waals surface area contributed by atoms with Gasteiger partial charge in [0.05, 0.1) is 6.54 Å². The summed E-state index contributed by atoms with van der Waals surface area (Å²) in [6, 6.07) is 0. The fourth-order valence-corrected chi connectivity index (χ4v) is 2.73. The van der Waals surface area contributed by atoms with Gasteiger partial charge in [0.25, 0.3) is 0 Å². The molecule has 4 heteroatoms. The van der Waals surface area contributed by atoms with Gasteiger partial charge in [-0.05, 0) is 37.9 Å². The molecule has 0 spiro atoms. The smallest absolute Gasteiger partial charge is 0.233 e. The molecule has 1 fully saturated rings. The van der Waals surface area contributed by atoms with Crippen molar-refractivity contribution in [2.24, 2.45) is 5.92 Å². The van der Waals surface area contributed by atoms with Gasteiger partial charge in [0.1, 0.15) is 0 Å². The highest BCUT2D eigenvalue weighted by Crippen LogP contribution is 2.29. The third-order valence-corrected chi connectivity index (χ3v) is 5.33. The van der Waals surface area contributed by atoms with Crippen molar-refractivity contribution < 1.29 is 4.79 Å². The van der Waals surface area contributed by atoms with Crippen molar-refractivity contribution >= 4 is 17.7 Å². The molecule has 0 bridgehead atoms. The molecule has 0 unspecified atom stereocenters. The van der Waals surface area contributed by atoms with Crippen molar-refractivity contribution in [2.45, 2.75) is 44.3 Å². The van der Waals surface area contributed by atoms with E-state index in [1.165, 1.54) is 12.8 Å². The molecule has 1 aliphatic carbocycles. The van der Waals surface area contributed by atoms with Gasteiger partial charge in [-0.1, -0.05) is 13.8 Å². The molecule has 100 valence electrons. The van der Waals surface area contributed by atoms with Crippen LogP contribution < -0.4 is 10.6 Å². The van der Waals surface area contributed by atoms with E-state index in [0.717, 1.165) is 31.8 Å². The molecular formula is C13H26N2OS. The van der Waals surface area contributed by atoms with Gasteiger partial charge < -0.3 is 10.6 Å². The van der Waals surface area contributed by atoms with E-state index in [1.807, 2.05) is 11.8 Å². The van der Waals surface area contributed by atoms with E-state index in [2.05, 4.69) is 30.7 Å². The number of rotatable bonds is 9. The van der Waals surface area contributed by atoms with Gasteiger partial charge in [0, 0.05) is 17.8 Å². The van der Waals surface area contributed by atoms with Crippen LogP contribution in [0.25, 0.3) is 0 Å². The lowest BCUT2D eigenvalue weighted by atomic mass is 10.0. The summed E-state index contributed by atoms with van der Waals surface area (Å²) < 4.78 is 0.288. The molecule has 1 aliphatic rings. The van der Waals surface area contributed by atoms with E-state index in [-0.39, 0.29) is 10.7 Å². The SMILES string of the molecule is CCC(CC)(CNCC(=O)NCC1CC1)SC. The first-order chi connectivity index (χ1) is 8.15. The fourth-order valence-electron chi connectivity index (χ4n) is 1.91. The molecule has 2 N–H and O–H groups in total. The zero-order valence-electron chi connectivity index (χ0n) is 11.3. The Morgan fingerprint density at radius 3 is 2.47 bits per heavy atom. The zero-order chi connectivity index (χ0) is 12.7. The summed E-state index contributed by atoms with van der Waals surface area (Å²) in [7, 11) is 0. The van der Waals surface area contributed by atoms with Crippen molar-refractivity contribution in [2.75, 3.05) is 25.9 Å². The molecule has 0 aromatic heterocycles. The average Bonchev–Trinajstić information content (AvgIpc) is 3.17. The van der Waals surface area contributed by atoms with Gasteiger partial charge in [-0.3, -0.25) is 4.79 Å². The Bertz CT molecular complexity index is 229. The van der Waals surface area contributed by atoms with Crippen LogP contribution in [0, 0.1) is 5.92 Å². The first-order valence-corrected chi connectivity index (χ1v) is 7.91. The first kappa shape index (κ1) is 14.8. The summed E-state index contributed by atoms with van der Waals surface area (Å²) in [6.07, 6.45) is 7.01. The molecule has 0 saturated heterocycles. The maximum absolute atomic E-state index is 11.5. The fraction of sp³-hybridized carbons (Fsp3) is 0.923. The normalized spacial score (nSPS) is 15.9. The Morgan fingerprint density at radius 2 is 2.00 bits per heavy atom. The lowest BCUT2D eigenvalue weighted by molar-refractivity contribution is -0.120. The van der Waals surface area contributed by atoms with Crippen molar-refractivity contribution in [3.8, 4) is 0 Å². The molecule has 3 nitrogen and oxygen atoms in total. The van der Waals surface area contributed by atoms with Gasteiger partial charge in [-0.15, -0.1) is 0 Å². The highest BCUT2D eigenvalue weighted by molar-refractivity contribution is 8.00. The second-order valence-electron chi connectivity index (χ2n) is 4.95. The Kier molecular flexibility index (Phi) is 6.34. The standard InChI is InChI=1S/C13H26N2OS/c1-4-13(5-2,17-3)10-14-9-12(16)15-8-11-6-7-11/h11,14H,4-10H2,1-3H3,(H,15,16). The number of thioether (sulfide) groups is 1. The maximum atomic E-state index is 11.5. The summed E-state index contributed by atoms with van der Waals surface area (Å²) in [5, 5.41) is 6.27. The van der Waals surface area contributed by atoms with Crippen molar-refractivity contribution in [3.05, 3.63) is 0 Å². The summed E-state index contributed by atoms with van der Waals surface area (Å²) in [5.41, 5.74) is 0. The Hall–Kier alpha value is -0.220. The molecule has 1 amide bonds. The van der Waals surface area contributed by atoms with Gasteiger partial charge in [0.15, 0.2) is 0 Å². The molecule has 0 heterocycles. The van der Waals surface area contributed by atoms with Crippen LogP contribution in [0.2, 0.25) is 0 Å². The summed E-state index contributed by atoms with van der Waals surface area (Å²) in [5.74, 6) is 0.898. The predicted molar refractivity (Wildman–Crippen MR) is 75.4 cm³/mol. The molecular weight excluding hydrogens is 232 g/mol. The van der Waals surface area contributed by atoms with E-state index in [4.69, 9.17) is 0 Å². The third kappa shape index (κ3) is 5.30. The molecule has 1 rings (SSSR count). The van der Waals surface area contributed by atoms with E-state index in [9.17, 15) is 4.79 Å². The Balaban J connectivity index is 2.13. The van der Waals surface area contributed by atoms with Crippen molar-refractivity contribution in [1.29, 1.82) is 0 Å². The van der Waals surface area contributed by atoms with E-state index in [1.54, 1.807) is 0 Å². The number of carbonyl (C=O) groups excluding carboxylic acids is 1. The van der Waals surface area contributed by atoms with Crippen molar-refractivity contribution in [3.63, 3.8) is 0 Å². The lowest BCUT2D eigenvalue weighted by Gasteiger charge is -2.29. The van der Waals surface area contributed by atoms with Gasteiger partial charge in [-0.25, -0.2) is 0 Å². The van der Waals surface area contributed by atoms with Crippen LogP contribution >= 0.6 is 11.8 Å². The van der Waals surface area contributed by atoms with Gasteiger partial charge in [0.2, 0.25) is 5.91 Å². The van der Waals surface area contributed by atoms with E-state index < -0.39 is 0 Å². The van der Waals surface area contributed by atoms with E-state index >= 15 is 0 Å². The first-order valence-electron chi connectivity index (χ1n) is 6.68. The summed E-state index contributed by atoms with van der Waals surface area (Å²) in [6.45, 7) is 6.67. The van der Waals surface area contributed by atoms with Crippen LogP contribution in [0.3, 0.4) is 0 Å². The highest BCUT2D eigenvalue weighted by Gasteiger charge is 2.25. The zero-order valence-corrected chi connectivity index (χ0v) is 12.2. The average molecular weight is 258 g/mol. The number of carbonyl (C=O) groups is 1. The molecule has 1 saturated carbocycles. The van der Waals surface area contributed by atoms with Crippen LogP contribution in [0.1, 0.15) is 39.5 Å². The topological polar surface area (TPSA) is 41.1 Å². The second-order valence-corrected chi connectivity index (χ2v) is 6.22. The largest absolute Gasteiger partial charge is 0.355 e. The predicted octanol–water partition coefficient (Wildman–Crippen LogP) is 2.02. The molecule has 17 heavy (non-hydrogen) atoms. The molecule has 0 radical (unpaired) electrons. The number of hydrogen-bond donors (Lipinski definition) is 2. The molecule has 0 aromatic carbocycles. The molecule has 0 aliphatic heterocycles. The minimum absolute atomic E-state index is 0.138. The van der Waals surface area contributed by atoms with Gasteiger partial charge in [-0.2, -0.15) is 11.8 Å². The lowest BCUT2D eigenvalue weighted by Crippen LogP contribution is -2.42. The third-order valence-electron chi connectivity index (χ3n) is 3.74. The monoisotopic (exact) mass is 258 g/mol.